The van der Waals surface area contributed by atoms with Crippen LogP contribution in [0, 0.1) is 0 Å². The van der Waals surface area contributed by atoms with Crippen molar-refractivity contribution in [1.29, 1.82) is 0 Å². The lowest BCUT2D eigenvalue weighted by Crippen LogP contribution is -2.45. The Kier molecular flexibility index (Phi) is 27.6. The molecule has 0 rings (SSSR count). The van der Waals surface area contributed by atoms with E-state index >= 15 is 0 Å². The van der Waals surface area contributed by atoms with E-state index in [2.05, 4.69) is 53.8 Å². The summed E-state index contributed by atoms with van der Waals surface area (Å²) >= 11 is 0. The van der Waals surface area contributed by atoms with Gasteiger partial charge in [0.1, 0.15) is 0 Å². The van der Waals surface area contributed by atoms with Gasteiger partial charge >= 0.3 is 0 Å². The van der Waals surface area contributed by atoms with Crippen LogP contribution in [0.3, 0.4) is 0 Å². The first kappa shape index (κ1) is 32.1. The lowest BCUT2D eigenvalue weighted by molar-refractivity contribution is -0.121. The van der Waals surface area contributed by atoms with Crippen LogP contribution in [0.5, 0.6) is 0 Å². The fraction of sp³-hybridized carbons (Fsp3) is 0.955. The first-order valence-electron chi connectivity index (χ1n) is 10.6. The third-order valence-corrected chi connectivity index (χ3v) is 3.89. The van der Waals surface area contributed by atoms with Gasteiger partial charge in [-0.1, -0.05) is 75.2 Å². The molecule has 0 bridgehead atoms. The summed E-state index contributed by atoms with van der Waals surface area (Å²) < 4.78 is 6.05. The highest BCUT2D eigenvalue weighted by molar-refractivity contribution is 5.73. The van der Waals surface area contributed by atoms with Crippen LogP contribution in [0.15, 0.2) is 0 Å². The van der Waals surface area contributed by atoms with Crippen LogP contribution in [-0.4, -0.2) is 23.7 Å². The number of ether oxygens (including phenoxy) is 1. The van der Waals surface area contributed by atoms with Gasteiger partial charge in [-0.15, -0.1) is 0 Å². The highest BCUT2D eigenvalue weighted by Gasteiger charge is 2.26. The van der Waals surface area contributed by atoms with E-state index in [1.807, 2.05) is 27.7 Å². The molecule has 156 valence electrons. The third kappa shape index (κ3) is 21.4. The summed E-state index contributed by atoms with van der Waals surface area (Å²) in [4.78, 5) is 11.2. The number of nitrogens with one attached hydrogen (secondary N) is 1. The van der Waals surface area contributed by atoms with E-state index in [1.165, 1.54) is 6.42 Å². The minimum absolute atomic E-state index is 0.0143. The molecule has 3 nitrogen and oxygen atoms in total. The molecule has 25 heavy (non-hydrogen) atoms. The fourth-order valence-corrected chi connectivity index (χ4v) is 2.16. The monoisotopic (exact) mass is 361 g/mol. The van der Waals surface area contributed by atoms with E-state index in [4.69, 9.17) is 4.74 Å². The van der Waals surface area contributed by atoms with Crippen molar-refractivity contribution in [3.63, 3.8) is 0 Å². The SMILES string of the molecule is CC.CC.CCC.CCCC(C)(CC)OCCC(C)(CC)NC(C)=O. The molecule has 0 saturated carbocycles. The van der Waals surface area contributed by atoms with Crippen LogP contribution >= 0.6 is 0 Å². The second-order valence-corrected chi connectivity index (χ2v) is 6.45. The van der Waals surface area contributed by atoms with Crippen molar-refractivity contribution in [3.05, 3.63) is 0 Å². The number of hydrogen-bond acceptors (Lipinski definition) is 2. The van der Waals surface area contributed by atoms with E-state index < -0.39 is 0 Å². The number of hydrogen-bond donors (Lipinski definition) is 1. The standard InChI is InChI=1S/C15H31NO2.C3H8.2C2H6/c1-7-10-15(6,9-3)18-12-11-14(5,8-2)16-13(4)17;1-3-2;2*1-2/h7-12H2,1-6H3,(H,16,17);3H2,1-2H3;2*1-2H3. The second kappa shape index (κ2) is 21.5. The molecule has 3 heteroatoms. The third-order valence-electron chi connectivity index (χ3n) is 3.89. The smallest absolute Gasteiger partial charge is 0.217 e. The Balaban J connectivity index is -0.000000274. The fourth-order valence-electron chi connectivity index (χ4n) is 2.16. The van der Waals surface area contributed by atoms with E-state index in [0.29, 0.717) is 6.61 Å². The topological polar surface area (TPSA) is 38.3 Å². The average Bonchev–Trinajstić information content (AvgIpc) is 2.59. The van der Waals surface area contributed by atoms with Crippen LogP contribution in [0.1, 0.15) is 122 Å². The summed E-state index contributed by atoms with van der Waals surface area (Å²) in [6.07, 6.45) is 6.30. The molecule has 0 aromatic rings. The zero-order chi connectivity index (χ0) is 20.9. The normalized spacial score (nSPS) is 14.1. The molecule has 0 heterocycles. The van der Waals surface area contributed by atoms with Crippen molar-refractivity contribution in [1.82, 2.24) is 5.32 Å². The van der Waals surface area contributed by atoms with Gasteiger partial charge in [0.2, 0.25) is 5.91 Å². The van der Waals surface area contributed by atoms with Gasteiger partial charge in [-0.2, -0.15) is 0 Å². The predicted molar refractivity (Wildman–Crippen MR) is 115 cm³/mol. The van der Waals surface area contributed by atoms with Gasteiger partial charge in [-0.05, 0) is 39.5 Å². The Bertz CT molecular complexity index is 269. The molecule has 0 fully saturated rings. The highest BCUT2D eigenvalue weighted by atomic mass is 16.5. The van der Waals surface area contributed by atoms with Crippen molar-refractivity contribution in [2.24, 2.45) is 0 Å². The van der Waals surface area contributed by atoms with Gasteiger partial charge in [0.15, 0.2) is 0 Å². The maximum atomic E-state index is 11.2. The number of rotatable bonds is 9. The minimum Gasteiger partial charge on any atom is -0.375 e. The Morgan fingerprint density at radius 3 is 1.60 bits per heavy atom. The van der Waals surface area contributed by atoms with Crippen molar-refractivity contribution in [2.75, 3.05) is 6.61 Å². The van der Waals surface area contributed by atoms with E-state index in [0.717, 1.165) is 32.1 Å². The Morgan fingerprint density at radius 2 is 1.32 bits per heavy atom. The van der Waals surface area contributed by atoms with E-state index in [-0.39, 0.29) is 17.0 Å². The maximum Gasteiger partial charge on any atom is 0.217 e. The first-order chi connectivity index (χ1) is 11.7. The second-order valence-electron chi connectivity index (χ2n) is 6.45. The molecular formula is C22H51NO2. The summed E-state index contributed by atoms with van der Waals surface area (Å²) in [7, 11) is 0. The predicted octanol–water partition coefficient (Wildman–Crippen LogP) is 7.14. The molecule has 0 aliphatic rings. The molecule has 1 amide bonds. The Labute approximate surface area is 160 Å². The molecule has 2 unspecified atom stereocenters. The van der Waals surface area contributed by atoms with Gasteiger partial charge in [-0.3, -0.25) is 4.79 Å². The summed E-state index contributed by atoms with van der Waals surface area (Å²) in [5, 5.41) is 3.02. The molecule has 0 saturated heterocycles. The Morgan fingerprint density at radius 1 is 0.880 bits per heavy atom. The van der Waals surface area contributed by atoms with Crippen LogP contribution < -0.4 is 5.32 Å². The van der Waals surface area contributed by atoms with Crippen LogP contribution in [0.4, 0.5) is 0 Å². The van der Waals surface area contributed by atoms with Gasteiger partial charge in [0.25, 0.3) is 0 Å². The molecule has 0 aromatic heterocycles. The lowest BCUT2D eigenvalue weighted by atomic mass is 9.94. The van der Waals surface area contributed by atoms with Crippen LogP contribution in [0.2, 0.25) is 0 Å². The number of amides is 1. The summed E-state index contributed by atoms with van der Waals surface area (Å²) in [5.41, 5.74) is -0.160. The molecule has 1 N–H and O–H groups in total. The molecule has 0 aliphatic heterocycles. The van der Waals surface area contributed by atoms with Crippen molar-refractivity contribution in [3.8, 4) is 0 Å². The zero-order valence-corrected chi connectivity index (χ0v) is 19.8. The lowest BCUT2D eigenvalue weighted by Gasteiger charge is -2.33. The maximum absolute atomic E-state index is 11.2. The Hall–Kier alpha value is -0.570. The van der Waals surface area contributed by atoms with Crippen molar-refractivity contribution < 1.29 is 9.53 Å². The average molecular weight is 362 g/mol. The van der Waals surface area contributed by atoms with E-state index in [1.54, 1.807) is 6.92 Å². The van der Waals surface area contributed by atoms with Gasteiger partial charge < -0.3 is 10.1 Å². The molecular weight excluding hydrogens is 310 g/mol. The highest BCUT2D eigenvalue weighted by Crippen LogP contribution is 2.23. The van der Waals surface area contributed by atoms with Crippen LogP contribution in [0.25, 0.3) is 0 Å². The van der Waals surface area contributed by atoms with Gasteiger partial charge in [0, 0.05) is 19.1 Å². The van der Waals surface area contributed by atoms with E-state index in [9.17, 15) is 4.79 Å². The quantitative estimate of drug-likeness (QED) is 0.474. The zero-order valence-electron chi connectivity index (χ0n) is 19.8. The molecule has 0 aromatic carbocycles. The van der Waals surface area contributed by atoms with Crippen LogP contribution in [-0.2, 0) is 9.53 Å². The van der Waals surface area contributed by atoms with Crippen molar-refractivity contribution >= 4 is 5.91 Å². The molecule has 2 atom stereocenters. The number of carbonyl (C=O) groups excluding carboxylic acids is 1. The van der Waals surface area contributed by atoms with Crippen molar-refractivity contribution in [2.45, 2.75) is 133 Å². The molecule has 0 spiro atoms. The minimum atomic E-state index is -0.146. The largest absolute Gasteiger partial charge is 0.375 e. The summed E-state index contributed by atoms with van der Waals surface area (Å²) in [5.74, 6) is 0.0335. The first-order valence-corrected chi connectivity index (χ1v) is 10.6. The molecule has 0 radical (unpaired) electrons. The summed E-state index contributed by atoms with van der Waals surface area (Å²) in [6, 6.07) is 0. The van der Waals surface area contributed by atoms with Gasteiger partial charge in [0.05, 0.1) is 5.60 Å². The number of carbonyl (C=O) groups is 1. The van der Waals surface area contributed by atoms with Gasteiger partial charge in [-0.25, -0.2) is 0 Å². The molecule has 0 aliphatic carbocycles. The summed E-state index contributed by atoms with van der Waals surface area (Å²) in [6.45, 7) is 25.2.